The zero-order valence-electron chi connectivity index (χ0n) is 27.6. The summed E-state index contributed by atoms with van der Waals surface area (Å²) in [4.78, 5) is 0. The van der Waals surface area contributed by atoms with Gasteiger partial charge in [0.1, 0.15) is 0 Å². The van der Waals surface area contributed by atoms with Crippen molar-refractivity contribution >= 4 is 94.7 Å². The van der Waals surface area contributed by atoms with Gasteiger partial charge in [-0.15, -0.1) is 71.0 Å². The average Bonchev–Trinajstić information content (AvgIpc) is 3.64. The van der Waals surface area contributed by atoms with Crippen molar-refractivity contribution in [3.63, 3.8) is 0 Å². The van der Waals surface area contributed by atoms with Crippen LogP contribution in [0.2, 0.25) is 0 Å². The summed E-state index contributed by atoms with van der Waals surface area (Å²) in [6.07, 6.45) is 12.2. The molecule has 6 rings (SSSR count). The van der Waals surface area contributed by atoms with Gasteiger partial charge in [0.15, 0.2) is 0 Å². The molecule has 240 valence electrons. The van der Waals surface area contributed by atoms with Crippen molar-refractivity contribution in [3.05, 3.63) is 145 Å². The van der Waals surface area contributed by atoms with Crippen molar-refractivity contribution in [3.8, 4) is 0 Å². The van der Waals surface area contributed by atoms with E-state index >= 15 is 0 Å². The zero-order valence-corrected chi connectivity index (χ0v) is 36.0. The monoisotopic (exact) mass is 950 g/mol. The molecule has 0 unspecified atom stereocenters. The van der Waals surface area contributed by atoms with Crippen molar-refractivity contribution < 1.29 is 24.2 Å². The molecule has 1 aliphatic carbocycles. The molecule has 0 spiro atoms. The van der Waals surface area contributed by atoms with Gasteiger partial charge in [-0.1, -0.05) is 76.9 Å². The van der Waals surface area contributed by atoms with Gasteiger partial charge in [0.05, 0.1) is 0 Å². The van der Waals surface area contributed by atoms with E-state index in [1.807, 2.05) is 12.2 Å². The van der Waals surface area contributed by atoms with Crippen LogP contribution in [0.1, 0.15) is 70.2 Å². The molecule has 0 saturated carbocycles. The fourth-order valence-corrected chi connectivity index (χ4v) is 7.34. The molecular formula is C41H44Cl2I2Zr. The second-order valence-corrected chi connectivity index (χ2v) is 17.7. The summed E-state index contributed by atoms with van der Waals surface area (Å²) in [5, 5.41) is 5.49. The van der Waals surface area contributed by atoms with E-state index in [1.165, 1.54) is 50.9 Å². The molecule has 1 aliphatic rings. The van der Waals surface area contributed by atoms with Gasteiger partial charge in [0, 0.05) is 0 Å². The first-order valence-electron chi connectivity index (χ1n) is 15.2. The number of hydrogen-bond donors (Lipinski definition) is 0. The number of halogens is 4. The molecule has 0 aromatic heterocycles. The maximum atomic E-state index is 2.99. The summed E-state index contributed by atoms with van der Waals surface area (Å²) in [5.41, 5.74) is 6.06. The minimum absolute atomic E-state index is 0. The Balaban J connectivity index is 0.000000270. The van der Waals surface area contributed by atoms with E-state index in [0.717, 1.165) is 19.3 Å². The Labute approximate surface area is 331 Å². The number of allylic oxidation sites excluding steroid dienone is 4. The Morgan fingerprint density at radius 3 is 1.48 bits per heavy atom. The molecule has 5 aromatic rings. The van der Waals surface area contributed by atoms with E-state index in [-0.39, 0.29) is 35.6 Å². The van der Waals surface area contributed by atoms with E-state index in [0.29, 0.717) is 0 Å². The van der Waals surface area contributed by atoms with Crippen LogP contribution in [0.5, 0.6) is 0 Å². The fraction of sp³-hybridized carbons (Fsp3) is 0.268. The molecule has 0 heterocycles. The SMILES string of the molecule is CC(C)(C)c1ccc2[cH-]c3ccc(C(C)(C)C)cc3c2c1.Cl.Cl.[C-]1=CC=CC1.[Zr+2]=[C](Cc1cccc(I)c1)Cc1cccc(I)c1. The normalized spacial score (nSPS) is 12.0. The summed E-state index contributed by atoms with van der Waals surface area (Å²) in [7, 11) is 0. The first-order valence-corrected chi connectivity index (χ1v) is 18.6. The van der Waals surface area contributed by atoms with Crippen LogP contribution in [0.4, 0.5) is 0 Å². The van der Waals surface area contributed by atoms with Crippen LogP contribution in [0.3, 0.4) is 0 Å². The summed E-state index contributed by atoms with van der Waals surface area (Å²) < 4.78 is 4.25. The van der Waals surface area contributed by atoms with Crippen LogP contribution in [0, 0.1) is 13.2 Å². The molecule has 0 radical (unpaired) electrons. The van der Waals surface area contributed by atoms with Gasteiger partial charge >= 0.3 is 152 Å². The van der Waals surface area contributed by atoms with E-state index < -0.39 is 0 Å². The standard InChI is InChI=1S/C21H25.C15H12I2.C5H5.2ClH.Zr/c1-20(2,3)16-9-7-14-11-15-8-10-17(21(4,5)6)13-19(15)18(14)12-16;16-14-8-2-6-12(10-14)4-1-5-13-7-3-9-15(17)11-13;1-2-4-5-3-1;;;/h7-13H,1-6H3;2-3,6-11H,4-5H2;1-3H,4H2;2*1H;/q-1;;-1;;;+2. The van der Waals surface area contributed by atoms with Gasteiger partial charge in [-0.2, -0.15) is 6.08 Å². The van der Waals surface area contributed by atoms with Gasteiger partial charge in [-0.25, -0.2) is 12.2 Å². The second-order valence-electron chi connectivity index (χ2n) is 13.5. The predicted molar refractivity (Wildman–Crippen MR) is 221 cm³/mol. The Morgan fingerprint density at radius 1 is 0.696 bits per heavy atom. The molecular weight excluding hydrogens is 908 g/mol. The van der Waals surface area contributed by atoms with E-state index in [4.69, 9.17) is 0 Å². The van der Waals surface area contributed by atoms with E-state index in [1.54, 1.807) is 27.4 Å². The average molecular weight is 953 g/mol. The van der Waals surface area contributed by atoms with Crippen LogP contribution >= 0.6 is 70.0 Å². The van der Waals surface area contributed by atoms with E-state index in [2.05, 4.69) is 190 Å². The first kappa shape index (κ1) is 41.2. The Hall–Kier alpha value is -0.977. The zero-order chi connectivity index (χ0) is 31.9. The molecule has 0 N–H and O–H groups in total. The maximum absolute atomic E-state index is 2.99. The number of benzene rings is 4. The van der Waals surface area contributed by atoms with Crippen molar-refractivity contribution in [2.75, 3.05) is 0 Å². The van der Waals surface area contributed by atoms with Gasteiger partial charge in [0.2, 0.25) is 0 Å². The molecule has 46 heavy (non-hydrogen) atoms. The fourth-order valence-electron chi connectivity index (χ4n) is 5.12. The van der Waals surface area contributed by atoms with Gasteiger partial charge in [-0.3, -0.25) is 6.08 Å². The second kappa shape index (κ2) is 18.7. The Bertz CT molecular complexity index is 1670. The van der Waals surface area contributed by atoms with Gasteiger partial charge in [-0.05, 0) is 10.8 Å². The molecule has 0 saturated heterocycles. The third kappa shape index (κ3) is 12.5. The van der Waals surface area contributed by atoms with Crippen LogP contribution < -0.4 is 0 Å². The molecule has 0 fully saturated rings. The molecule has 5 aromatic carbocycles. The topological polar surface area (TPSA) is 0 Å². The molecule has 0 nitrogen and oxygen atoms in total. The van der Waals surface area contributed by atoms with Crippen molar-refractivity contribution in [1.82, 2.24) is 0 Å². The quantitative estimate of drug-likeness (QED) is 0.124. The van der Waals surface area contributed by atoms with Gasteiger partial charge < -0.3 is 0 Å². The van der Waals surface area contributed by atoms with Crippen molar-refractivity contribution in [2.45, 2.75) is 71.6 Å². The third-order valence-electron chi connectivity index (χ3n) is 7.64. The summed E-state index contributed by atoms with van der Waals surface area (Å²) in [6, 6.07) is 33.7. The molecule has 0 amide bonds. The predicted octanol–water partition coefficient (Wildman–Crippen LogP) is 12.9. The Morgan fingerprint density at radius 2 is 1.15 bits per heavy atom. The van der Waals surface area contributed by atoms with Crippen molar-refractivity contribution in [2.24, 2.45) is 0 Å². The number of fused-ring (bicyclic) bond motifs is 3. The van der Waals surface area contributed by atoms with Gasteiger partial charge in [0.25, 0.3) is 0 Å². The van der Waals surface area contributed by atoms with Crippen LogP contribution in [0.25, 0.3) is 21.5 Å². The van der Waals surface area contributed by atoms with Crippen molar-refractivity contribution in [1.29, 1.82) is 0 Å². The molecule has 5 heteroatoms. The molecule has 0 atom stereocenters. The Kier molecular flexibility index (Phi) is 16.7. The molecule has 0 aliphatic heterocycles. The van der Waals surface area contributed by atoms with E-state index in [9.17, 15) is 0 Å². The summed E-state index contributed by atoms with van der Waals surface area (Å²) in [6.45, 7) is 13.7. The summed E-state index contributed by atoms with van der Waals surface area (Å²) >= 11 is 6.30. The van der Waals surface area contributed by atoms with Crippen LogP contribution in [-0.2, 0) is 47.9 Å². The van der Waals surface area contributed by atoms with Crippen LogP contribution in [0.15, 0.2) is 109 Å². The summed E-state index contributed by atoms with van der Waals surface area (Å²) in [5.74, 6) is 0. The molecule has 0 bridgehead atoms. The minimum atomic E-state index is 0. The first-order chi connectivity index (χ1) is 20.8. The number of rotatable bonds is 4. The van der Waals surface area contributed by atoms with Crippen LogP contribution in [-0.4, -0.2) is 3.21 Å². The third-order valence-corrected chi connectivity index (χ3v) is 9.85. The number of hydrogen-bond acceptors (Lipinski definition) is 0.